The third kappa shape index (κ3) is 10.7. The number of hydrogen-bond acceptors (Lipinski definition) is 10. The molecule has 2 aromatic heterocycles. The van der Waals surface area contributed by atoms with Crippen LogP contribution in [0, 0.1) is 12.3 Å². The first-order valence-corrected chi connectivity index (χ1v) is 19.7. The van der Waals surface area contributed by atoms with E-state index in [-0.39, 0.29) is 29.6 Å². The van der Waals surface area contributed by atoms with Gasteiger partial charge in [0, 0.05) is 74.2 Å². The summed E-state index contributed by atoms with van der Waals surface area (Å²) in [5.74, 6) is 2.63. The topological polar surface area (TPSA) is 155 Å². The van der Waals surface area contributed by atoms with Crippen LogP contribution < -0.4 is 20.3 Å². The molecule has 5 rings (SSSR count). The molecule has 266 valence electrons. The normalized spacial score (nSPS) is 16.5. The van der Waals surface area contributed by atoms with Crippen molar-refractivity contribution in [1.29, 1.82) is 0 Å². The van der Waals surface area contributed by atoms with Gasteiger partial charge in [0.1, 0.15) is 11.6 Å². The maximum atomic E-state index is 13.1. The number of aromatic amines is 1. The van der Waals surface area contributed by atoms with Crippen molar-refractivity contribution in [3.05, 3.63) is 54.4 Å². The number of ether oxygens (including phenoxy) is 2. The number of terminal acetylenes is 1. The molecule has 0 unspecified atom stereocenters. The highest BCUT2D eigenvalue weighted by molar-refractivity contribution is 6.71. The molecular weight excluding hydrogens is 690 g/mol. The zero-order chi connectivity index (χ0) is 35.8. The van der Waals surface area contributed by atoms with Crippen LogP contribution in [0.15, 0.2) is 59.0 Å². The smallest absolute Gasteiger partial charge is 0.450 e. The SMILES string of the molecule is C#CCCC1(CCO[Si](C)(C)CCCOC(=O)N[C@@H]2CCN(c3ncc(C(=O)Nc4ccc(OC(F)(F)Cl)cc4)cc3-c3ccn[nH]3)C2)N=N1. The van der Waals surface area contributed by atoms with Crippen LogP contribution in [0.25, 0.3) is 11.3 Å². The van der Waals surface area contributed by atoms with Crippen molar-refractivity contribution < 1.29 is 32.3 Å². The number of nitrogens with one attached hydrogen (secondary N) is 3. The number of halogens is 3. The predicted octanol–water partition coefficient (Wildman–Crippen LogP) is 6.77. The third-order valence-electron chi connectivity index (χ3n) is 8.28. The number of rotatable bonds is 17. The number of hydrogen-bond donors (Lipinski definition) is 3. The fraction of sp³-hybridized carbons (Fsp3) is 0.455. The molecule has 1 fully saturated rings. The van der Waals surface area contributed by atoms with E-state index in [1.807, 2.05) is 4.90 Å². The van der Waals surface area contributed by atoms with Gasteiger partial charge in [0.25, 0.3) is 5.91 Å². The second-order valence-corrected chi connectivity index (χ2v) is 17.4. The number of amides is 2. The van der Waals surface area contributed by atoms with Gasteiger partial charge >= 0.3 is 11.7 Å². The summed E-state index contributed by atoms with van der Waals surface area (Å²) >= 11 is 4.81. The molecule has 3 aromatic rings. The third-order valence-corrected chi connectivity index (χ3v) is 10.9. The van der Waals surface area contributed by atoms with Crippen molar-refractivity contribution in [2.24, 2.45) is 10.2 Å². The molecular formula is C33H39ClF2N8O5Si. The zero-order valence-corrected chi connectivity index (χ0v) is 29.5. The average Bonchev–Trinajstić information content (AvgIpc) is 3.40. The number of alkyl halides is 3. The molecule has 4 heterocycles. The van der Waals surface area contributed by atoms with E-state index in [9.17, 15) is 18.4 Å². The summed E-state index contributed by atoms with van der Waals surface area (Å²) in [4.78, 5) is 32.4. The number of H-pyrrole nitrogens is 1. The number of carbonyl (C=O) groups is 2. The average molecular weight is 729 g/mol. The van der Waals surface area contributed by atoms with Gasteiger partial charge in [-0.3, -0.25) is 9.89 Å². The molecule has 1 aromatic carbocycles. The Bertz CT molecular complexity index is 1690. The Hall–Kier alpha value is -4.59. The highest BCUT2D eigenvalue weighted by atomic mass is 35.5. The van der Waals surface area contributed by atoms with Crippen molar-refractivity contribution in [2.45, 2.75) is 68.5 Å². The molecule has 17 heteroatoms. The number of alkyl carbamates (subject to hydrolysis) is 1. The Morgan fingerprint density at radius 1 is 1.20 bits per heavy atom. The Labute approximate surface area is 294 Å². The summed E-state index contributed by atoms with van der Waals surface area (Å²) in [6.45, 7) is 6.26. The van der Waals surface area contributed by atoms with Gasteiger partial charge in [0.05, 0.1) is 23.9 Å². The van der Waals surface area contributed by atoms with Gasteiger partial charge in [0.15, 0.2) is 14.0 Å². The van der Waals surface area contributed by atoms with E-state index >= 15 is 0 Å². The number of anilines is 2. The lowest BCUT2D eigenvalue weighted by atomic mass is 10.1. The van der Waals surface area contributed by atoms with E-state index in [0.717, 1.165) is 18.9 Å². The fourth-order valence-electron chi connectivity index (χ4n) is 5.55. The van der Waals surface area contributed by atoms with E-state index in [4.69, 9.17) is 27.2 Å². The molecule has 1 saturated heterocycles. The summed E-state index contributed by atoms with van der Waals surface area (Å²) in [6.07, 6.45) is 11.4. The van der Waals surface area contributed by atoms with Gasteiger partial charge in [-0.1, -0.05) is 0 Å². The van der Waals surface area contributed by atoms with Gasteiger partial charge in [0.2, 0.25) is 0 Å². The Kier molecular flexibility index (Phi) is 11.7. The number of benzene rings is 1. The molecule has 2 aliphatic heterocycles. The van der Waals surface area contributed by atoms with Crippen molar-refractivity contribution in [1.82, 2.24) is 20.5 Å². The molecule has 0 spiro atoms. The van der Waals surface area contributed by atoms with Crippen LogP contribution in [0.1, 0.15) is 42.5 Å². The highest BCUT2D eigenvalue weighted by Gasteiger charge is 2.39. The van der Waals surface area contributed by atoms with E-state index in [1.54, 1.807) is 18.3 Å². The molecule has 0 saturated carbocycles. The van der Waals surface area contributed by atoms with Gasteiger partial charge in [-0.05, 0) is 68.4 Å². The molecule has 1 atom stereocenters. The van der Waals surface area contributed by atoms with E-state index in [0.29, 0.717) is 61.7 Å². The molecule has 0 aliphatic carbocycles. The van der Waals surface area contributed by atoms with Gasteiger partial charge in [-0.15, -0.1) is 21.1 Å². The van der Waals surface area contributed by atoms with E-state index in [2.05, 4.69) is 59.8 Å². The first-order valence-electron chi connectivity index (χ1n) is 16.2. The molecule has 50 heavy (non-hydrogen) atoms. The number of aromatic nitrogens is 3. The number of pyridine rings is 1. The maximum absolute atomic E-state index is 13.1. The van der Waals surface area contributed by atoms with Crippen LogP contribution in [0.4, 0.5) is 25.1 Å². The van der Waals surface area contributed by atoms with Crippen molar-refractivity contribution in [3.63, 3.8) is 0 Å². The summed E-state index contributed by atoms with van der Waals surface area (Å²) in [5.41, 5.74) is -2.28. The highest BCUT2D eigenvalue weighted by Crippen LogP contribution is 2.37. The van der Waals surface area contributed by atoms with Crippen LogP contribution in [-0.2, 0) is 9.16 Å². The molecule has 0 bridgehead atoms. The second kappa shape index (κ2) is 16.0. The quantitative estimate of drug-likeness (QED) is 0.0595. The van der Waals surface area contributed by atoms with Crippen molar-refractivity contribution in [2.75, 3.05) is 36.5 Å². The van der Waals surface area contributed by atoms with Crippen LogP contribution >= 0.6 is 11.6 Å². The van der Waals surface area contributed by atoms with Crippen LogP contribution in [0.2, 0.25) is 19.1 Å². The second-order valence-electron chi connectivity index (χ2n) is 12.7. The first kappa shape index (κ1) is 36.7. The summed E-state index contributed by atoms with van der Waals surface area (Å²) in [6, 6.07) is 9.48. The van der Waals surface area contributed by atoms with E-state index in [1.165, 1.54) is 30.5 Å². The molecule has 13 nitrogen and oxygen atoms in total. The summed E-state index contributed by atoms with van der Waals surface area (Å²) in [5, 5.41) is 20.9. The minimum Gasteiger partial charge on any atom is -0.450 e. The minimum absolute atomic E-state index is 0.159. The predicted molar refractivity (Wildman–Crippen MR) is 186 cm³/mol. The molecule has 2 aliphatic rings. The van der Waals surface area contributed by atoms with Crippen LogP contribution in [-0.4, -0.2) is 79.1 Å². The van der Waals surface area contributed by atoms with Gasteiger partial charge < -0.3 is 29.4 Å². The number of carbonyl (C=O) groups excluding carboxylic acids is 2. The summed E-state index contributed by atoms with van der Waals surface area (Å²) in [7, 11) is -1.94. The Morgan fingerprint density at radius 3 is 2.66 bits per heavy atom. The molecule has 3 N–H and O–H groups in total. The minimum atomic E-state index is -3.84. The van der Waals surface area contributed by atoms with Gasteiger partial charge in [-0.25, -0.2) is 9.78 Å². The van der Waals surface area contributed by atoms with Crippen molar-refractivity contribution >= 4 is 43.4 Å². The maximum Gasteiger partial charge on any atom is 0.487 e. The molecule has 2 amide bonds. The van der Waals surface area contributed by atoms with Gasteiger partial charge in [-0.2, -0.15) is 15.3 Å². The lowest BCUT2D eigenvalue weighted by Gasteiger charge is -2.23. The zero-order valence-electron chi connectivity index (χ0n) is 27.8. The largest absolute Gasteiger partial charge is 0.487 e. The monoisotopic (exact) mass is 728 g/mol. The lowest BCUT2D eigenvalue weighted by Crippen LogP contribution is -2.38. The first-order chi connectivity index (χ1) is 23.8. The van der Waals surface area contributed by atoms with Crippen molar-refractivity contribution in [3.8, 4) is 29.4 Å². The lowest BCUT2D eigenvalue weighted by molar-refractivity contribution is -0.0964. The number of nitrogens with zero attached hydrogens (tertiary/aromatic N) is 5. The Balaban J connectivity index is 1.09. The van der Waals surface area contributed by atoms with Crippen LogP contribution in [0.3, 0.4) is 0 Å². The standard InChI is InChI=1S/C33H39ClF2N8O5Si/c1-4-5-13-32(42-43-32)14-18-48-50(2,3)19-6-17-47-31(46)40-25-12-16-44(22-25)29-27(28-11-15-38-41-28)20-23(21-37-29)30(45)39-24-7-9-26(10-8-24)49-33(34,35)36/h1,7-11,15,20-21,25H,5-6,12-14,16-19,22H2,2-3H3,(H,38,41)(H,39,45)(H,40,46)/t25-/m1/s1. The van der Waals surface area contributed by atoms with E-state index < -0.39 is 25.9 Å². The molecule has 0 radical (unpaired) electrons. The Morgan fingerprint density at radius 2 is 1.98 bits per heavy atom. The van der Waals surface area contributed by atoms with Crippen LogP contribution in [0.5, 0.6) is 5.75 Å². The summed E-state index contributed by atoms with van der Waals surface area (Å²) < 4.78 is 41.8. The fourth-order valence-corrected chi connectivity index (χ4v) is 7.44.